The highest BCUT2D eigenvalue weighted by atomic mass is 16.3. The van der Waals surface area contributed by atoms with Gasteiger partial charge in [-0.3, -0.25) is 5.10 Å². The lowest BCUT2D eigenvalue weighted by Gasteiger charge is -1.99. The van der Waals surface area contributed by atoms with Gasteiger partial charge in [0.1, 0.15) is 5.58 Å². The summed E-state index contributed by atoms with van der Waals surface area (Å²) in [4.78, 5) is 4.61. The van der Waals surface area contributed by atoms with Crippen molar-refractivity contribution in [1.82, 2.24) is 15.2 Å². The molecule has 0 amide bonds. The number of aryl methyl sites for hydroxylation is 1. The molecule has 102 valence electrons. The SMILES string of the molecule is Cc1ccccc1-c1nc(-c2ccc3occc3c2)n[nH]1. The maximum Gasteiger partial charge on any atom is 0.181 e. The van der Waals surface area contributed by atoms with Crippen LogP contribution >= 0.6 is 0 Å². The maximum absolute atomic E-state index is 5.35. The zero-order valence-corrected chi connectivity index (χ0v) is 11.5. The highest BCUT2D eigenvalue weighted by Gasteiger charge is 2.10. The Morgan fingerprint density at radius 1 is 1.05 bits per heavy atom. The number of fused-ring (bicyclic) bond motifs is 1. The van der Waals surface area contributed by atoms with Gasteiger partial charge in [-0.25, -0.2) is 4.98 Å². The molecule has 0 aliphatic carbocycles. The average Bonchev–Trinajstić information content (AvgIpc) is 3.16. The molecule has 4 nitrogen and oxygen atoms in total. The first kappa shape index (κ1) is 11.9. The van der Waals surface area contributed by atoms with Crippen LogP contribution in [0.5, 0.6) is 0 Å². The highest BCUT2D eigenvalue weighted by molar-refractivity contribution is 5.82. The molecule has 4 aromatic rings. The van der Waals surface area contributed by atoms with Crippen LogP contribution in [0.2, 0.25) is 0 Å². The Morgan fingerprint density at radius 3 is 2.86 bits per heavy atom. The molecular formula is C17H13N3O. The van der Waals surface area contributed by atoms with Gasteiger partial charge in [0.05, 0.1) is 6.26 Å². The first-order valence-electron chi connectivity index (χ1n) is 6.77. The van der Waals surface area contributed by atoms with Crippen LogP contribution in [0.15, 0.2) is 59.2 Å². The molecule has 2 aromatic carbocycles. The minimum Gasteiger partial charge on any atom is -0.464 e. The van der Waals surface area contributed by atoms with E-state index < -0.39 is 0 Å². The summed E-state index contributed by atoms with van der Waals surface area (Å²) in [6, 6.07) is 16.0. The quantitative estimate of drug-likeness (QED) is 0.596. The van der Waals surface area contributed by atoms with E-state index in [0.29, 0.717) is 5.82 Å². The number of rotatable bonds is 2. The number of nitrogens with zero attached hydrogens (tertiary/aromatic N) is 2. The van der Waals surface area contributed by atoms with Crippen molar-refractivity contribution in [1.29, 1.82) is 0 Å². The van der Waals surface area contributed by atoms with Crippen LogP contribution in [0.4, 0.5) is 0 Å². The molecule has 0 atom stereocenters. The summed E-state index contributed by atoms with van der Waals surface area (Å²) in [6.45, 7) is 2.06. The number of furan rings is 1. The normalized spacial score (nSPS) is 11.1. The van der Waals surface area contributed by atoms with Crippen LogP contribution in [-0.2, 0) is 0 Å². The second kappa shape index (κ2) is 4.59. The minimum atomic E-state index is 0.691. The summed E-state index contributed by atoms with van der Waals surface area (Å²) >= 11 is 0. The van der Waals surface area contributed by atoms with Crippen molar-refractivity contribution in [3.05, 3.63) is 60.4 Å². The van der Waals surface area contributed by atoms with E-state index >= 15 is 0 Å². The van der Waals surface area contributed by atoms with Crippen molar-refractivity contribution < 1.29 is 4.42 Å². The molecular weight excluding hydrogens is 262 g/mol. The number of nitrogens with one attached hydrogen (secondary N) is 1. The fourth-order valence-corrected chi connectivity index (χ4v) is 2.46. The van der Waals surface area contributed by atoms with Gasteiger partial charge in [0.15, 0.2) is 11.6 Å². The van der Waals surface area contributed by atoms with Crippen molar-refractivity contribution in [2.45, 2.75) is 6.92 Å². The molecule has 0 fully saturated rings. The van der Waals surface area contributed by atoms with E-state index in [9.17, 15) is 0 Å². The van der Waals surface area contributed by atoms with E-state index in [0.717, 1.165) is 27.9 Å². The Morgan fingerprint density at radius 2 is 1.95 bits per heavy atom. The molecule has 0 spiro atoms. The van der Waals surface area contributed by atoms with Crippen LogP contribution in [0.1, 0.15) is 5.56 Å². The molecule has 1 N–H and O–H groups in total. The zero-order valence-electron chi connectivity index (χ0n) is 11.5. The Hall–Kier alpha value is -2.88. The van der Waals surface area contributed by atoms with E-state index in [1.165, 1.54) is 5.56 Å². The largest absolute Gasteiger partial charge is 0.464 e. The van der Waals surface area contributed by atoms with Gasteiger partial charge >= 0.3 is 0 Å². The van der Waals surface area contributed by atoms with E-state index in [4.69, 9.17) is 4.42 Å². The standard InChI is InChI=1S/C17H13N3O/c1-11-4-2-3-5-14(11)17-18-16(19-20-17)13-6-7-15-12(10-13)8-9-21-15/h2-10H,1H3,(H,18,19,20). The zero-order chi connectivity index (χ0) is 14.2. The second-order valence-electron chi connectivity index (χ2n) is 5.00. The van der Waals surface area contributed by atoms with Crippen molar-refractivity contribution in [2.24, 2.45) is 0 Å². The summed E-state index contributed by atoms with van der Waals surface area (Å²) < 4.78 is 5.35. The van der Waals surface area contributed by atoms with Gasteiger partial charge < -0.3 is 4.42 Å². The van der Waals surface area contributed by atoms with E-state index in [1.54, 1.807) is 6.26 Å². The third kappa shape index (κ3) is 2.01. The predicted molar refractivity (Wildman–Crippen MR) is 81.8 cm³/mol. The molecule has 0 saturated carbocycles. The van der Waals surface area contributed by atoms with Gasteiger partial charge in [-0.05, 0) is 36.8 Å². The fourth-order valence-electron chi connectivity index (χ4n) is 2.46. The summed E-state index contributed by atoms with van der Waals surface area (Å²) in [7, 11) is 0. The second-order valence-corrected chi connectivity index (χ2v) is 5.00. The summed E-state index contributed by atoms with van der Waals surface area (Å²) in [5.41, 5.74) is 4.08. The first-order chi connectivity index (χ1) is 10.3. The van der Waals surface area contributed by atoms with Crippen molar-refractivity contribution in [3.63, 3.8) is 0 Å². The fraction of sp³-hybridized carbons (Fsp3) is 0.0588. The molecule has 0 unspecified atom stereocenters. The van der Waals surface area contributed by atoms with Crippen LogP contribution in [0.25, 0.3) is 33.7 Å². The predicted octanol–water partition coefficient (Wildman–Crippen LogP) is 4.19. The van der Waals surface area contributed by atoms with Crippen LogP contribution < -0.4 is 0 Å². The molecule has 2 aromatic heterocycles. The Balaban J connectivity index is 1.78. The number of benzene rings is 2. The molecule has 4 heteroatoms. The Bertz CT molecular complexity index is 920. The van der Waals surface area contributed by atoms with Crippen LogP contribution in [0.3, 0.4) is 0 Å². The molecule has 4 rings (SSSR count). The average molecular weight is 275 g/mol. The smallest absolute Gasteiger partial charge is 0.181 e. The molecule has 0 aliphatic heterocycles. The minimum absolute atomic E-state index is 0.691. The molecule has 0 saturated heterocycles. The highest BCUT2D eigenvalue weighted by Crippen LogP contribution is 2.25. The van der Waals surface area contributed by atoms with Crippen LogP contribution in [-0.4, -0.2) is 15.2 Å². The number of aromatic amines is 1. The van der Waals surface area contributed by atoms with E-state index in [-0.39, 0.29) is 0 Å². The summed E-state index contributed by atoms with van der Waals surface area (Å²) in [5, 5.41) is 8.40. The van der Waals surface area contributed by atoms with Crippen molar-refractivity contribution >= 4 is 11.0 Å². The van der Waals surface area contributed by atoms with E-state index in [2.05, 4.69) is 28.2 Å². The third-order valence-corrected chi connectivity index (χ3v) is 3.60. The monoisotopic (exact) mass is 275 g/mol. The lowest BCUT2D eigenvalue weighted by Crippen LogP contribution is -1.84. The van der Waals surface area contributed by atoms with Gasteiger partial charge in [0.2, 0.25) is 0 Å². The van der Waals surface area contributed by atoms with Gasteiger partial charge in [-0.2, -0.15) is 5.10 Å². The molecule has 2 heterocycles. The van der Waals surface area contributed by atoms with E-state index in [1.807, 2.05) is 42.5 Å². The lowest BCUT2D eigenvalue weighted by molar-refractivity contribution is 0.616. The number of hydrogen-bond acceptors (Lipinski definition) is 3. The van der Waals surface area contributed by atoms with Crippen molar-refractivity contribution in [2.75, 3.05) is 0 Å². The third-order valence-electron chi connectivity index (χ3n) is 3.60. The summed E-state index contributed by atoms with van der Waals surface area (Å²) in [6.07, 6.45) is 1.69. The van der Waals surface area contributed by atoms with Gasteiger partial charge in [-0.1, -0.05) is 24.3 Å². The maximum atomic E-state index is 5.35. The number of hydrogen-bond donors (Lipinski definition) is 1. The number of aromatic nitrogens is 3. The molecule has 0 radical (unpaired) electrons. The van der Waals surface area contributed by atoms with Crippen molar-refractivity contribution in [3.8, 4) is 22.8 Å². The molecule has 0 bridgehead atoms. The van der Waals surface area contributed by atoms with Gasteiger partial charge in [0.25, 0.3) is 0 Å². The summed E-state index contributed by atoms with van der Waals surface area (Å²) in [5.74, 6) is 1.48. The topological polar surface area (TPSA) is 54.7 Å². The van der Waals surface area contributed by atoms with Crippen LogP contribution in [0, 0.1) is 6.92 Å². The molecule has 21 heavy (non-hydrogen) atoms. The van der Waals surface area contributed by atoms with Gasteiger partial charge in [-0.15, -0.1) is 0 Å². The Kier molecular flexibility index (Phi) is 2.60. The lowest BCUT2D eigenvalue weighted by atomic mass is 10.1. The Labute approximate surface area is 121 Å². The first-order valence-corrected chi connectivity index (χ1v) is 6.77. The van der Waals surface area contributed by atoms with Gasteiger partial charge in [0, 0.05) is 16.5 Å². The molecule has 0 aliphatic rings. The number of H-pyrrole nitrogens is 1.